The van der Waals surface area contributed by atoms with E-state index >= 15 is 0 Å². The molecule has 0 saturated carbocycles. The van der Waals surface area contributed by atoms with E-state index in [1.54, 1.807) is 48.5 Å². The second-order valence-electron chi connectivity index (χ2n) is 32.4. The van der Waals surface area contributed by atoms with Crippen LogP contribution in [0.15, 0.2) is 189 Å². The summed E-state index contributed by atoms with van der Waals surface area (Å²) in [6.07, 6.45) is 3.01. The second-order valence-corrected chi connectivity index (χ2v) is 32.4. The van der Waals surface area contributed by atoms with E-state index in [2.05, 4.69) is 114 Å². The molecule has 10 aromatic rings. The predicted molar refractivity (Wildman–Crippen MR) is 518 cm³/mol. The number of benzene rings is 8. The number of hydrogen-bond acceptors (Lipinski definition) is 27. The minimum Gasteiger partial charge on any atom is -0.480 e. The summed E-state index contributed by atoms with van der Waals surface area (Å²) in [5, 5.41) is 52.9. The third kappa shape index (κ3) is 24.0. The number of aliphatic carboxylic acids is 2. The van der Waals surface area contributed by atoms with Crippen molar-refractivity contribution < 1.29 is 76.8 Å². The second kappa shape index (κ2) is 44.4. The molecule has 2 aliphatic heterocycles. The number of ketones is 2. The number of hydrogen-bond donors (Lipinski definition) is 14. The van der Waals surface area contributed by atoms with Gasteiger partial charge in [0, 0.05) is 174 Å². The van der Waals surface area contributed by atoms with Crippen LogP contribution in [0.1, 0.15) is 132 Å². The number of nitrogen functional groups attached to an aromatic ring is 2. The maximum Gasteiger partial charge on any atom is 0.336 e. The highest BCUT2D eigenvalue weighted by Crippen LogP contribution is 2.46. The SMILES string of the molecule is CCN(CC)c1ccc2c(-c3ccc(NC(=O)NCCCC(=O)CC[C@H](NC(=O)c4ccc(NCc5cnc6nc(N)[nH]c(=O)c6n5)cc4)C(=O)O)cc3C(=O)O)c3ccc(=[N+](CC)CC)cc-3oc2c1.CN(C)c1ccc2c(-c3ccc(C(=O)NCCCC(=O)CCC(NC(=O)c4ccc(NCc5cnc6nc(N)[nH]c(=O)c6n5)cc4)C(=O)O)cc3OC=O)c3ccc(=[N+](C)C)cc-3oc2c1. The lowest BCUT2D eigenvalue weighted by Crippen LogP contribution is -2.41. The number of carbonyl (C=O) groups is 10. The molecule has 137 heavy (non-hydrogen) atoms. The van der Waals surface area contributed by atoms with Crippen molar-refractivity contribution in [3.05, 3.63) is 235 Å². The third-order valence-electron chi connectivity index (χ3n) is 22.8. The number of carboxylic acids is 3. The summed E-state index contributed by atoms with van der Waals surface area (Å²) < 4.78 is 22.6. The molecule has 16 N–H and O–H groups in total. The number of ether oxygens (including phenoxy) is 1. The van der Waals surface area contributed by atoms with Gasteiger partial charge in [-0.15, -0.1) is 0 Å². The van der Waals surface area contributed by atoms with E-state index in [9.17, 15) is 72.9 Å². The van der Waals surface area contributed by atoms with Crippen LogP contribution >= 0.6 is 0 Å². The summed E-state index contributed by atoms with van der Waals surface area (Å²) in [5.74, 6) is -4.76. The first-order valence-electron chi connectivity index (χ1n) is 44.2. The number of Topliss-reactive ketones (excluding diaryl/α,β-unsaturated/α-hetero) is 2. The first-order chi connectivity index (χ1) is 65.9. The molecule has 1 unspecified atom stereocenters. The maximum atomic E-state index is 13.3. The van der Waals surface area contributed by atoms with Gasteiger partial charge < -0.3 is 87.4 Å². The molecule has 0 bridgehead atoms. The molecule has 2 aliphatic carbocycles. The van der Waals surface area contributed by atoms with Crippen LogP contribution in [-0.2, 0) is 37.1 Å². The molecule has 5 amide bonds. The van der Waals surface area contributed by atoms with Gasteiger partial charge in [0.15, 0.2) is 22.3 Å². The monoisotopic (exact) mass is 1860 g/mol. The number of carboxylic acid groups (broad SMARTS) is 3. The third-order valence-corrected chi connectivity index (χ3v) is 22.8. The number of fused-ring (bicyclic) bond motifs is 6. The van der Waals surface area contributed by atoms with Crippen molar-refractivity contribution in [3.63, 3.8) is 0 Å². The standard InChI is InChI=1S/C51H55N11O9.C47H46N10O9/c1-5-61(6-2)33-16-20-37-41(25-33)71-42-26-34(62(7-3)8-4)17-21-38(42)43(37)36-19-15-31(24-39(36)48(66)67)57-51(70)53-23-9-10-35(63)18-22-40(49(68)69)58-46(64)29-11-13-30(14-12-29)54-27-32-28-55-45-44(56-32)47(65)60-50(52)59-45;1-56(2)30-12-16-34-38(21-30)66-39-22-31(57(3)4)13-17-35(39)40(34)33-15-9-27(20-37(33)65-25-58)43(60)49-19-5-6-32(59)14-18-36(46(63)64)53-44(61)26-7-10-28(11-8-26)50-23-29-24-51-42-41(52-29)45(62)55-47(48)54-42/h11-17,19-21,24-26,28,40H,5-10,18,22-23,27H2,1-4H3,(H8,52,53,54,55,58,59,60,64,65,66,67,68,69,70);7-13,15-17,20-22,24-25,36H,5-6,14,18-19,23H2,1-4H3,(H6-,48,49,50,51,53,54,55,60,61,62,63,64)/p+2/t40-;/m0./s1. The zero-order valence-corrected chi connectivity index (χ0v) is 76.3. The van der Waals surface area contributed by atoms with Crippen LogP contribution in [0, 0.1) is 0 Å². The fourth-order valence-corrected chi connectivity index (χ4v) is 15.6. The molecule has 6 heterocycles. The number of aromatic nitrogens is 8. The Labute approximate surface area is 782 Å². The van der Waals surface area contributed by atoms with Crippen molar-refractivity contribution in [1.29, 1.82) is 0 Å². The molecule has 39 heteroatoms. The smallest absolute Gasteiger partial charge is 0.336 e. The van der Waals surface area contributed by atoms with Gasteiger partial charge in [0.05, 0.1) is 54.6 Å². The summed E-state index contributed by atoms with van der Waals surface area (Å²) in [5.41, 5.74) is 20.4. The fourth-order valence-electron chi connectivity index (χ4n) is 15.6. The van der Waals surface area contributed by atoms with Crippen LogP contribution in [0.5, 0.6) is 5.75 Å². The molecule has 4 aliphatic rings. The van der Waals surface area contributed by atoms with Gasteiger partial charge in [0.2, 0.25) is 22.6 Å². The number of carbonyl (C=O) groups excluding carboxylic acids is 7. The Balaban J connectivity index is 0.000000232. The van der Waals surface area contributed by atoms with E-state index in [-0.39, 0.29) is 157 Å². The molecule has 0 fully saturated rings. The Morgan fingerprint density at radius 1 is 0.518 bits per heavy atom. The number of aromatic amines is 2. The number of rotatable bonds is 39. The van der Waals surface area contributed by atoms with E-state index in [1.165, 1.54) is 48.8 Å². The van der Waals surface area contributed by atoms with Gasteiger partial charge in [-0.25, -0.2) is 48.3 Å². The van der Waals surface area contributed by atoms with Crippen LogP contribution in [-0.4, -0.2) is 194 Å². The molecule has 2 atom stereocenters. The Kier molecular flexibility index (Phi) is 31.5. The van der Waals surface area contributed by atoms with Crippen LogP contribution in [0.4, 0.5) is 45.1 Å². The summed E-state index contributed by atoms with van der Waals surface area (Å²) in [7, 11) is 7.74. The largest absolute Gasteiger partial charge is 0.480 e. The van der Waals surface area contributed by atoms with E-state index < -0.39 is 64.9 Å². The average molecular weight is 1860 g/mol. The molecular weight excluding hydrogens is 1760 g/mol. The number of amides is 5. The summed E-state index contributed by atoms with van der Waals surface area (Å²) >= 11 is 0. The number of nitrogens with one attached hydrogen (secondary N) is 9. The van der Waals surface area contributed by atoms with Gasteiger partial charge in [-0.3, -0.25) is 48.3 Å². The van der Waals surface area contributed by atoms with Crippen molar-refractivity contribution in [2.24, 2.45) is 0 Å². The lowest BCUT2D eigenvalue weighted by atomic mass is 9.90. The maximum absolute atomic E-state index is 13.3. The van der Waals surface area contributed by atoms with Crippen molar-refractivity contribution in [3.8, 4) is 50.7 Å². The lowest BCUT2D eigenvalue weighted by molar-refractivity contribution is -0.140. The molecule has 39 nitrogen and oxygen atoms in total. The molecule has 4 aromatic heterocycles. The minimum absolute atomic E-state index is 0.0273. The number of anilines is 7. The predicted octanol–water partition coefficient (Wildman–Crippen LogP) is 9.72. The number of nitrogens with two attached hydrogens (primary N) is 2. The van der Waals surface area contributed by atoms with E-state index in [0.717, 1.165) is 75.7 Å². The summed E-state index contributed by atoms with van der Waals surface area (Å²) in [6.45, 7) is 12.4. The van der Waals surface area contributed by atoms with Crippen LogP contribution < -0.4 is 94.2 Å². The van der Waals surface area contributed by atoms with E-state index in [0.29, 0.717) is 68.6 Å². The highest BCUT2D eigenvalue weighted by Gasteiger charge is 2.29. The van der Waals surface area contributed by atoms with Crippen LogP contribution in [0.2, 0.25) is 0 Å². The summed E-state index contributed by atoms with van der Waals surface area (Å²) in [6, 6.07) is 42.4. The number of nitrogens with zero attached hydrogens (tertiary/aromatic N) is 10. The first-order valence-corrected chi connectivity index (χ1v) is 44.2. The van der Waals surface area contributed by atoms with Gasteiger partial charge in [-0.05, 0) is 174 Å². The number of H-pyrrole nitrogens is 2. The first kappa shape index (κ1) is 97.4. The Bertz CT molecular complexity index is 7180. The number of urea groups is 1. The van der Waals surface area contributed by atoms with Crippen molar-refractivity contribution in [2.75, 3.05) is 105 Å². The highest BCUT2D eigenvalue weighted by molar-refractivity contribution is 6.10. The van der Waals surface area contributed by atoms with Crippen LogP contribution in [0.3, 0.4) is 0 Å². The van der Waals surface area contributed by atoms with Crippen molar-refractivity contribution >= 4 is 144 Å². The minimum atomic E-state index is -1.33. The molecule has 14 rings (SSSR count). The molecule has 0 radical (unpaired) electrons. The Morgan fingerprint density at radius 2 is 0.985 bits per heavy atom. The van der Waals surface area contributed by atoms with E-state index in [1.807, 2.05) is 110 Å². The lowest BCUT2D eigenvalue weighted by Gasteiger charge is -2.22. The quantitative estimate of drug-likeness (QED) is 0.00737. The zero-order valence-electron chi connectivity index (χ0n) is 76.3. The topological polar surface area (TPSA) is 559 Å². The zero-order chi connectivity index (χ0) is 97.8. The number of aromatic carboxylic acids is 1. The fraction of sp³-hybridized carbons (Fsp3) is 0.265. The van der Waals surface area contributed by atoms with Crippen molar-refractivity contribution in [2.45, 2.75) is 104 Å². The Hall–Kier alpha value is -17.2. The van der Waals surface area contributed by atoms with Crippen LogP contribution in [0.25, 0.3) is 89.2 Å². The Morgan fingerprint density at radius 3 is 1.47 bits per heavy atom. The van der Waals surface area contributed by atoms with Gasteiger partial charge in [-0.2, -0.15) is 9.97 Å². The molecule has 0 saturated heterocycles. The van der Waals surface area contributed by atoms with Gasteiger partial charge >= 0.3 is 23.9 Å². The van der Waals surface area contributed by atoms with Gasteiger partial charge in [0.1, 0.15) is 79.3 Å². The van der Waals surface area contributed by atoms with Crippen molar-refractivity contribution in [1.82, 2.24) is 70.3 Å². The van der Waals surface area contributed by atoms with Gasteiger partial charge in [-0.1, -0.05) is 6.07 Å². The molecule has 706 valence electrons. The normalized spacial score (nSPS) is 11.5. The molecular formula is C98H103N21O18+2. The van der Waals surface area contributed by atoms with Gasteiger partial charge in [0.25, 0.3) is 35.3 Å². The summed E-state index contributed by atoms with van der Waals surface area (Å²) in [4.78, 5) is 185. The van der Waals surface area contributed by atoms with E-state index in [4.69, 9.17) is 25.0 Å². The highest BCUT2D eigenvalue weighted by atomic mass is 16.5. The molecule has 0 spiro atoms. The average Bonchev–Trinajstić information content (AvgIpc) is 0.745. The molecule has 6 aromatic carbocycles.